The van der Waals surface area contributed by atoms with Gasteiger partial charge in [0, 0.05) is 30.5 Å². The number of aromatic nitrogens is 1. The summed E-state index contributed by atoms with van der Waals surface area (Å²) >= 11 is 0. The van der Waals surface area contributed by atoms with E-state index < -0.39 is 5.60 Å². The molecule has 1 aromatic carbocycles. The van der Waals surface area contributed by atoms with Gasteiger partial charge in [-0.1, -0.05) is 31.4 Å². The summed E-state index contributed by atoms with van der Waals surface area (Å²) in [5.74, 6) is 0.386. The smallest absolute Gasteiger partial charge is 0.407 e. The van der Waals surface area contributed by atoms with Crippen LogP contribution in [-0.2, 0) is 4.74 Å². The van der Waals surface area contributed by atoms with Crippen LogP contribution in [0.3, 0.4) is 0 Å². The van der Waals surface area contributed by atoms with Gasteiger partial charge in [0.2, 0.25) is 0 Å². The highest BCUT2D eigenvalue weighted by Gasteiger charge is 2.15. The molecule has 0 bridgehead atoms. The van der Waals surface area contributed by atoms with E-state index in [0.29, 0.717) is 17.9 Å². The standard InChI is InChI=1S/C26H38N4O3/c1-19-14-15-23(29-18-19)30-24(31)21-12-11-13-22(20(21)2)27-16-9-7-6-8-10-17-28-25(32)33-26(3,4)5/h11-15,18,27H,6-10,16-17H2,1-5H3,(H,28,32)(H,29,30,31). The molecule has 0 unspecified atom stereocenters. The molecule has 2 rings (SSSR count). The van der Waals surface area contributed by atoms with E-state index in [1.54, 1.807) is 12.3 Å². The first-order chi connectivity index (χ1) is 15.7. The molecule has 0 saturated heterocycles. The number of unbranched alkanes of at least 4 members (excludes halogenated alkanes) is 4. The second-order valence-corrected chi connectivity index (χ2v) is 9.28. The Morgan fingerprint density at radius 1 is 0.939 bits per heavy atom. The molecule has 2 amide bonds. The van der Waals surface area contributed by atoms with Gasteiger partial charge in [0.15, 0.2) is 0 Å². The molecule has 0 aliphatic heterocycles. The van der Waals surface area contributed by atoms with Gasteiger partial charge in [-0.3, -0.25) is 4.79 Å². The van der Waals surface area contributed by atoms with Crippen LogP contribution < -0.4 is 16.0 Å². The Bertz CT molecular complexity index is 905. The molecule has 2 aromatic rings. The number of nitrogens with zero attached hydrogens (tertiary/aromatic N) is 1. The number of carbonyl (C=O) groups is 2. The largest absolute Gasteiger partial charge is 0.444 e. The van der Waals surface area contributed by atoms with Crippen molar-refractivity contribution in [1.29, 1.82) is 0 Å². The quantitative estimate of drug-likeness (QED) is 0.371. The second kappa shape index (κ2) is 12.8. The minimum Gasteiger partial charge on any atom is -0.444 e. The van der Waals surface area contributed by atoms with Gasteiger partial charge in [-0.05, 0) is 76.8 Å². The summed E-state index contributed by atoms with van der Waals surface area (Å²) in [6.07, 6.45) is 6.66. The lowest BCUT2D eigenvalue weighted by atomic mass is 10.1. The average Bonchev–Trinajstić information content (AvgIpc) is 2.74. The average molecular weight is 455 g/mol. The summed E-state index contributed by atoms with van der Waals surface area (Å²) in [7, 11) is 0. The highest BCUT2D eigenvalue weighted by Crippen LogP contribution is 2.20. The summed E-state index contributed by atoms with van der Waals surface area (Å²) in [6.45, 7) is 11.0. The van der Waals surface area contributed by atoms with Crippen molar-refractivity contribution >= 4 is 23.5 Å². The highest BCUT2D eigenvalue weighted by atomic mass is 16.6. The number of rotatable bonds is 11. The van der Waals surface area contributed by atoms with E-state index in [1.807, 2.05) is 58.9 Å². The Kier molecular flexibility index (Phi) is 10.2. The first kappa shape index (κ1) is 26.2. The molecule has 1 heterocycles. The van der Waals surface area contributed by atoms with Crippen LogP contribution in [0.2, 0.25) is 0 Å². The molecular weight excluding hydrogens is 416 g/mol. The van der Waals surface area contributed by atoms with Gasteiger partial charge in [0.25, 0.3) is 5.91 Å². The summed E-state index contributed by atoms with van der Waals surface area (Å²) in [5, 5.41) is 9.10. The number of hydrogen-bond donors (Lipinski definition) is 3. The van der Waals surface area contributed by atoms with Crippen LogP contribution in [0.25, 0.3) is 0 Å². The van der Waals surface area contributed by atoms with Gasteiger partial charge in [0.1, 0.15) is 11.4 Å². The molecule has 0 saturated carbocycles. The number of hydrogen-bond acceptors (Lipinski definition) is 5. The van der Waals surface area contributed by atoms with Gasteiger partial charge in [0.05, 0.1) is 0 Å². The Morgan fingerprint density at radius 3 is 2.30 bits per heavy atom. The Morgan fingerprint density at radius 2 is 1.64 bits per heavy atom. The summed E-state index contributed by atoms with van der Waals surface area (Å²) in [6, 6.07) is 9.45. The molecule has 0 aliphatic rings. The predicted molar refractivity (Wildman–Crippen MR) is 134 cm³/mol. The van der Waals surface area contributed by atoms with Crippen molar-refractivity contribution in [2.45, 2.75) is 72.3 Å². The minimum absolute atomic E-state index is 0.160. The SMILES string of the molecule is Cc1ccc(NC(=O)c2cccc(NCCCCCCCNC(=O)OC(C)(C)C)c2C)nc1. The van der Waals surface area contributed by atoms with Crippen LogP contribution in [0.4, 0.5) is 16.3 Å². The van der Waals surface area contributed by atoms with Gasteiger partial charge >= 0.3 is 6.09 Å². The number of carbonyl (C=O) groups excluding carboxylic acids is 2. The third-order valence-electron chi connectivity index (χ3n) is 5.07. The van der Waals surface area contributed by atoms with Crippen LogP contribution in [0, 0.1) is 13.8 Å². The third-order valence-corrected chi connectivity index (χ3v) is 5.07. The fourth-order valence-corrected chi connectivity index (χ4v) is 3.31. The number of anilines is 2. The number of amides is 2. The number of ether oxygens (including phenoxy) is 1. The summed E-state index contributed by atoms with van der Waals surface area (Å²) < 4.78 is 5.22. The normalized spacial score (nSPS) is 11.1. The number of benzene rings is 1. The molecule has 33 heavy (non-hydrogen) atoms. The van der Waals surface area contributed by atoms with Gasteiger partial charge in [-0.25, -0.2) is 9.78 Å². The monoisotopic (exact) mass is 454 g/mol. The maximum Gasteiger partial charge on any atom is 0.407 e. The molecule has 0 radical (unpaired) electrons. The summed E-state index contributed by atoms with van der Waals surface area (Å²) in [4.78, 5) is 28.5. The van der Waals surface area contributed by atoms with Crippen molar-refractivity contribution in [2.24, 2.45) is 0 Å². The molecule has 1 aromatic heterocycles. The minimum atomic E-state index is -0.461. The van der Waals surface area contributed by atoms with E-state index in [2.05, 4.69) is 20.9 Å². The second-order valence-electron chi connectivity index (χ2n) is 9.28. The molecule has 0 fully saturated rings. The molecule has 0 aliphatic carbocycles. The fourth-order valence-electron chi connectivity index (χ4n) is 3.31. The van der Waals surface area contributed by atoms with Gasteiger partial charge in [-0.15, -0.1) is 0 Å². The van der Waals surface area contributed by atoms with E-state index >= 15 is 0 Å². The number of nitrogens with one attached hydrogen (secondary N) is 3. The fraction of sp³-hybridized carbons (Fsp3) is 0.500. The van der Waals surface area contributed by atoms with Crippen molar-refractivity contribution in [3.8, 4) is 0 Å². The van der Waals surface area contributed by atoms with Crippen LogP contribution in [0.1, 0.15) is 74.4 Å². The highest BCUT2D eigenvalue weighted by molar-refractivity contribution is 6.05. The Labute approximate surface area is 197 Å². The molecule has 7 heteroatoms. The van der Waals surface area contributed by atoms with E-state index in [4.69, 9.17) is 4.74 Å². The Balaban J connectivity index is 1.66. The molecule has 180 valence electrons. The van der Waals surface area contributed by atoms with E-state index in [-0.39, 0.29) is 12.0 Å². The van der Waals surface area contributed by atoms with Gasteiger partial charge in [-0.2, -0.15) is 0 Å². The third kappa shape index (κ3) is 9.93. The zero-order valence-corrected chi connectivity index (χ0v) is 20.6. The van der Waals surface area contributed by atoms with E-state index in [1.165, 1.54) is 0 Å². The lowest BCUT2D eigenvalue weighted by Gasteiger charge is -2.19. The molecule has 0 spiro atoms. The molecular formula is C26H38N4O3. The maximum absolute atomic E-state index is 12.7. The number of alkyl carbamates (subject to hydrolysis) is 1. The van der Waals surface area contributed by atoms with Crippen molar-refractivity contribution in [2.75, 3.05) is 23.7 Å². The lowest BCUT2D eigenvalue weighted by Crippen LogP contribution is -2.32. The van der Waals surface area contributed by atoms with E-state index in [0.717, 1.165) is 55.5 Å². The lowest BCUT2D eigenvalue weighted by molar-refractivity contribution is 0.0526. The van der Waals surface area contributed by atoms with Crippen LogP contribution in [-0.4, -0.2) is 35.7 Å². The van der Waals surface area contributed by atoms with E-state index in [9.17, 15) is 9.59 Å². The summed E-state index contributed by atoms with van der Waals surface area (Å²) in [5.41, 5.74) is 3.13. The van der Waals surface area contributed by atoms with Crippen molar-refractivity contribution in [3.63, 3.8) is 0 Å². The van der Waals surface area contributed by atoms with Crippen LogP contribution in [0.5, 0.6) is 0 Å². The number of pyridine rings is 1. The molecule has 7 nitrogen and oxygen atoms in total. The molecule has 3 N–H and O–H groups in total. The maximum atomic E-state index is 12.7. The molecule has 0 atom stereocenters. The zero-order chi connectivity index (χ0) is 24.3. The topological polar surface area (TPSA) is 92.4 Å². The Hall–Kier alpha value is -3.09. The van der Waals surface area contributed by atoms with Gasteiger partial charge < -0.3 is 20.7 Å². The van der Waals surface area contributed by atoms with Crippen molar-refractivity contribution in [3.05, 3.63) is 53.2 Å². The first-order valence-electron chi connectivity index (χ1n) is 11.7. The first-order valence-corrected chi connectivity index (χ1v) is 11.7. The van der Waals surface area contributed by atoms with Crippen molar-refractivity contribution in [1.82, 2.24) is 10.3 Å². The van der Waals surface area contributed by atoms with Crippen LogP contribution >= 0.6 is 0 Å². The zero-order valence-electron chi connectivity index (χ0n) is 20.6. The van der Waals surface area contributed by atoms with Crippen molar-refractivity contribution < 1.29 is 14.3 Å². The van der Waals surface area contributed by atoms with Crippen LogP contribution in [0.15, 0.2) is 36.5 Å². The number of aryl methyl sites for hydroxylation is 1. The predicted octanol–water partition coefficient (Wildman–Crippen LogP) is 5.84.